The SMILES string of the molecule is CCCCC/C=C\C/C=C\CCCCCCCC(=O)OCCN(CCOC(=O)CCCCCCC/C=C\C/C=C\CCCCC)C(=O)CCC(=O)NCCC[C@H](NC(=O)CCC(=O)N(CCOC(=O)CCCCCCC/C=C\C/C=C\CCCCC)CCOC(=O)CCCCCCC/C=C\C/C=C\CCCCC)C(=O)NCCCOCCOCCC. The van der Waals surface area contributed by atoms with E-state index >= 15 is 0 Å². The third-order valence-electron chi connectivity index (χ3n) is 20.8. The number of nitrogens with zero attached hydrogens (tertiary/aromatic N) is 2. The third kappa shape index (κ3) is 83.7. The van der Waals surface area contributed by atoms with Gasteiger partial charge in [0.15, 0.2) is 0 Å². The zero-order valence-electron chi connectivity index (χ0n) is 77.3. The van der Waals surface area contributed by atoms with Crippen molar-refractivity contribution in [1.82, 2.24) is 25.8 Å². The van der Waals surface area contributed by atoms with Crippen molar-refractivity contribution in [2.45, 2.75) is 400 Å². The lowest BCUT2D eigenvalue weighted by Crippen LogP contribution is -2.47. The molecule has 121 heavy (non-hydrogen) atoms. The van der Waals surface area contributed by atoms with Crippen LogP contribution >= 0.6 is 0 Å². The molecule has 0 radical (unpaired) electrons. The van der Waals surface area contributed by atoms with Crippen LogP contribution in [-0.4, -0.2) is 161 Å². The fourth-order valence-corrected chi connectivity index (χ4v) is 13.3. The lowest BCUT2D eigenvalue weighted by Gasteiger charge is -2.23. The number of allylic oxidation sites excluding steroid dienone is 16. The first-order chi connectivity index (χ1) is 59.3. The van der Waals surface area contributed by atoms with E-state index in [1.807, 2.05) is 6.92 Å². The molecule has 0 aliphatic heterocycles. The van der Waals surface area contributed by atoms with Crippen LogP contribution in [0.1, 0.15) is 394 Å². The summed E-state index contributed by atoms with van der Waals surface area (Å²) in [7, 11) is 0. The summed E-state index contributed by atoms with van der Waals surface area (Å²) in [6, 6.07) is -1.03. The van der Waals surface area contributed by atoms with Crippen LogP contribution in [0.4, 0.5) is 0 Å². The molecule has 0 rings (SSSR count). The highest BCUT2D eigenvalue weighted by Gasteiger charge is 2.24. The van der Waals surface area contributed by atoms with Gasteiger partial charge < -0.3 is 54.2 Å². The summed E-state index contributed by atoms with van der Waals surface area (Å²) in [6.07, 6.45) is 84.9. The van der Waals surface area contributed by atoms with Gasteiger partial charge in [-0.1, -0.05) is 260 Å². The summed E-state index contributed by atoms with van der Waals surface area (Å²) in [4.78, 5) is 123. The van der Waals surface area contributed by atoms with Crippen LogP contribution in [0.25, 0.3) is 0 Å². The minimum Gasteiger partial charge on any atom is -0.464 e. The molecule has 0 saturated carbocycles. The Kier molecular flexibility index (Phi) is 87.0. The van der Waals surface area contributed by atoms with Gasteiger partial charge in [0.2, 0.25) is 29.5 Å². The molecule has 0 aromatic heterocycles. The lowest BCUT2D eigenvalue weighted by atomic mass is 10.1. The van der Waals surface area contributed by atoms with Gasteiger partial charge in [0.05, 0.1) is 39.4 Å². The molecule has 20 nitrogen and oxygen atoms in total. The summed E-state index contributed by atoms with van der Waals surface area (Å²) in [6.45, 7) is 13.1. The molecule has 0 aliphatic rings. The highest BCUT2D eigenvalue weighted by Crippen LogP contribution is 2.16. The minimum absolute atomic E-state index is 0.0266. The Bertz CT molecular complexity index is 2630. The molecule has 3 N–H and O–H groups in total. The van der Waals surface area contributed by atoms with E-state index in [1.165, 1.54) is 86.8 Å². The van der Waals surface area contributed by atoms with Gasteiger partial charge in [-0.05, 0) is 180 Å². The molecule has 0 aromatic rings. The highest BCUT2D eigenvalue weighted by atomic mass is 16.5. The van der Waals surface area contributed by atoms with Crippen molar-refractivity contribution in [2.24, 2.45) is 0 Å². The molecule has 0 fully saturated rings. The van der Waals surface area contributed by atoms with Gasteiger partial charge in [-0.25, -0.2) is 0 Å². The number of hydrogen-bond acceptors (Lipinski definition) is 15. The molecule has 0 unspecified atom stereocenters. The Morgan fingerprint density at radius 1 is 0.256 bits per heavy atom. The van der Waals surface area contributed by atoms with Crippen LogP contribution in [0.5, 0.6) is 0 Å². The van der Waals surface area contributed by atoms with Crippen molar-refractivity contribution in [3.63, 3.8) is 0 Å². The zero-order valence-corrected chi connectivity index (χ0v) is 77.3. The van der Waals surface area contributed by atoms with Crippen molar-refractivity contribution in [1.29, 1.82) is 0 Å². The van der Waals surface area contributed by atoms with Gasteiger partial charge >= 0.3 is 23.9 Å². The summed E-state index contributed by atoms with van der Waals surface area (Å²) >= 11 is 0. The van der Waals surface area contributed by atoms with Crippen LogP contribution in [0.3, 0.4) is 0 Å². The Balaban J connectivity index is 5.87. The Labute approximate surface area is 736 Å². The van der Waals surface area contributed by atoms with Crippen molar-refractivity contribution < 1.29 is 71.6 Å². The predicted molar refractivity (Wildman–Crippen MR) is 497 cm³/mol. The van der Waals surface area contributed by atoms with Gasteiger partial charge in [-0.15, -0.1) is 0 Å². The number of carbonyl (C=O) groups excluding carboxylic acids is 9. The molecular formula is C101H175N5O15. The maximum atomic E-state index is 14.0. The van der Waals surface area contributed by atoms with E-state index in [9.17, 15) is 43.2 Å². The second-order valence-corrected chi connectivity index (χ2v) is 32.0. The Hall–Kier alpha value is -6.93. The van der Waals surface area contributed by atoms with Crippen LogP contribution in [0.2, 0.25) is 0 Å². The maximum absolute atomic E-state index is 14.0. The second-order valence-electron chi connectivity index (χ2n) is 32.0. The average Bonchev–Trinajstić information content (AvgIpc) is 0.907. The average molecular weight is 1700 g/mol. The Morgan fingerprint density at radius 3 is 0.851 bits per heavy atom. The first-order valence-electron chi connectivity index (χ1n) is 48.7. The quantitative estimate of drug-likeness (QED) is 0.0222. The van der Waals surface area contributed by atoms with E-state index in [4.69, 9.17) is 28.4 Å². The smallest absolute Gasteiger partial charge is 0.305 e. The van der Waals surface area contributed by atoms with E-state index in [-0.39, 0.29) is 160 Å². The number of carbonyl (C=O) groups is 9. The van der Waals surface area contributed by atoms with Gasteiger partial charge in [0, 0.05) is 77.7 Å². The van der Waals surface area contributed by atoms with Crippen LogP contribution in [0.15, 0.2) is 97.2 Å². The normalized spacial score (nSPS) is 12.1. The van der Waals surface area contributed by atoms with Crippen molar-refractivity contribution in [2.75, 3.05) is 92.1 Å². The van der Waals surface area contributed by atoms with Crippen molar-refractivity contribution in [3.8, 4) is 0 Å². The first-order valence-corrected chi connectivity index (χ1v) is 48.7. The number of esters is 4. The number of amides is 5. The number of unbranched alkanes of at least 4 members (excludes halogenated alkanes) is 32. The summed E-state index contributed by atoms with van der Waals surface area (Å²) < 4.78 is 33.6. The summed E-state index contributed by atoms with van der Waals surface area (Å²) in [5.41, 5.74) is 0. The minimum atomic E-state index is -1.03. The molecule has 694 valence electrons. The molecule has 20 heteroatoms. The van der Waals surface area contributed by atoms with Gasteiger partial charge in [0.25, 0.3) is 0 Å². The zero-order chi connectivity index (χ0) is 88.1. The van der Waals surface area contributed by atoms with E-state index in [0.717, 1.165) is 186 Å². The van der Waals surface area contributed by atoms with Gasteiger partial charge in [-0.3, -0.25) is 43.2 Å². The molecular weight excluding hydrogens is 1520 g/mol. The van der Waals surface area contributed by atoms with Gasteiger partial charge in [0.1, 0.15) is 32.5 Å². The summed E-state index contributed by atoms with van der Waals surface area (Å²) in [5, 5.41) is 8.56. The standard InChI is InChI=1S/C101H175N5O15/c1-6-11-15-19-23-27-31-35-39-43-47-51-55-59-63-70-97(111)118-86-80-105(81-87-119-98(112)71-64-60-56-52-48-44-40-36-32-28-24-20-16-12-7-2)95(109)76-74-93(107)102-78-67-69-92(101(115)103-79-68-85-117-91-90-116-84-10-5)104-94(108)75-77-96(110)106(82-88-120-99(113)72-65-61-57-53-49-45-41-37-33-29-25-21-17-13-8-3)83-89-121-100(114)73-66-62-58-54-50-46-42-38-34-30-26-22-18-14-9-4/h23-30,35-42,92H,6-22,31-34,43-91H2,1-5H3,(H,102,107)(H,103,115)(H,104,108)/b27-23-,28-24-,29-25-,30-26-,39-35-,40-36-,41-37-,42-38-/t92-/m0/s1. The monoisotopic (exact) mass is 1700 g/mol. The predicted octanol–water partition coefficient (Wildman–Crippen LogP) is 23.0. The molecule has 0 aliphatic carbocycles. The van der Waals surface area contributed by atoms with Gasteiger partial charge in [-0.2, -0.15) is 0 Å². The van der Waals surface area contributed by atoms with E-state index < -0.39 is 29.7 Å². The number of nitrogens with one attached hydrogen (secondary N) is 3. The molecule has 0 spiro atoms. The number of ether oxygens (including phenoxy) is 6. The second kappa shape index (κ2) is 92.3. The number of rotatable bonds is 89. The third-order valence-corrected chi connectivity index (χ3v) is 20.8. The van der Waals surface area contributed by atoms with Crippen molar-refractivity contribution >= 4 is 53.4 Å². The molecule has 0 saturated heterocycles. The van der Waals surface area contributed by atoms with Crippen LogP contribution in [0, 0.1) is 0 Å². The molecule has 0 heterocycles. The first kappa shape index (κ1) is 114. The summed E-state index contributed by atoms with van der Waals surface area (Å²) in [5.74, 6) is -3.61. The molecule has 5 amide bonds. The molecule has 0 aromatic carbocycles. The maximum Gasteiger partial charge on any atom is 0.305 e. The van der Waals surface area contributed by atoms with E-state index in [2.05, 4.69) is 141 Å². The van der Waals surface area contributed by atoms with Crippen LogP contribution < -0.4 is 16.0 Å². The fourth-order valence-electron chi connectivity index (χ4n) is 13.3. The van der Waals surface area contributed by atoms with Crippen molar-refractivity contribution in [3.05, 3.63) is 97.2 Å². The van der Waals surface area contributed by atoms with E-state index in [1.54, 1.807) is 0 Å². The van der Waals surface area contributed by atoms with E-state index in [0.29, 0.717) is 58.5 Å². The molecule has 0 bridgehead atoms. The Morgan fingerprint density at radius 2 is 0.537 bits per heavy atom. The number of hydrogen-bond donors (Lipinski definition) is 3. The topological polar surface area (TPSA) is 252 Å². The molecule has 1 atom stereocenters. The fraction of sp³-hybridized carbons (Fsp3) is 0.752. The lowest BCUT2D eigenvalue weighted by molar-refractivity contribution is -0.148. The van der Waals surface area contributed by atoms with Crippen LogP contribution in [-0.2, 0) is 71.6 Å². The highest BCUT2D eigenvalue weighted by molar-refractivity contribution is 5.89. The largest absolute Gasteiger partial charge is 0.464 e.